The second kappa shape index (κ2) is 5.53. The third kappa shape index (κ3) is 2.37. The molecule has 1 saturated heterocycles. The van der Waals surface area contributed by atoms with Gasteiger partial charge in [0.15, 0.2) is 12.0 Å². The molecule has 1 aromatic carbocycles. The third-order valence-electron chi connectivity index (χ3n) is 4.77. The minimum Gasteiger partial charge on any atom is -0.380 e. The molecule has 4 rings (SSSR count). The van der Waals surface area contributed by atoms with E-state index in [4.69, 9.17) is 4.74 Å². The zero-order chi connectivity index (χ0) is 16.0. The van der Waals surface area contributed by atoms with Crippen molar-refractivity contribution in [1.82, 2.24) is 14.8 Å². The normalized spacial score (nSPS) is 29.7. The SMILES string of the molecule is CC1COCC1C(=O)c1nc2n(n1)C(c1ccccc1)CC2F. The van der Waals surface area contributed by atoms with E-state index in [1.807, 2.05) is 37.3 Å². The van der Waals surface area contributed by atoms with Crippen LogP contribution in [0.25, 0.3) is 0 Å². The Morgan fingerprint density at radius 1 is 1.30 bits per heavy atom. The maximum absolute atomic E-state index is 14.3. The van der Waals surface area contributed by atoms with Gasteiger partial charge in [-0.25, -0.2) is 14.1 Å². The Morgan fingerprint density at radius 3 is 2.78 bits per heavy atom. The zero-order valence-electron chi connectivity index (χ0n) is 12.9. The summed E-state index contributed by atoms with van der Waals surface area (Å²) in [6.45, 7) is 2.94. The number of carbonyl (C=O) groups is 1. The summed E-state index contributed by atoms with van der Waals surface area (Å²) in [5.74, 6) is 0.147. The molecule has 120 valence electrons. The first-order chi connectivity index (χ1) is 11.1. The molecule has 0 bridgehead atoms. The van der Waals surface area contributed by atoms with Gasteiger partial charge in [0.1, 0.15) is 0 Å². The number of ketones is 1. The second-order valence-electron chi connectivity index (χ2n) is 6.35. The van der Waals surface area contributed by atoms with Crippen LogP contribution in [-0.4, -0.2) is 33.8 Å². The van der Waals surface area contributed by atoms with Gasteiger partial charge in [0, 0.05) is 13.0 Å². The molecule has 0 spiro atoms. The van der Waals surface area contributed by atoms with Crippen molar-refractivity contribution < 1.29 is 13.9 Å². The number of hydrogen-bond acceptors (Lipinski definition) is 4. The summed E-state index contributed by atoms with van der Waals surface area (Å²) in [5.41, 5.74) is 0.982. The monoisotopic (exact) mass is 315 g/mol. The highest BCUT2D eigenvalue weighted by Crippen LogP contribution is 2.39. The lowest BCUT2D eigenvalue weighted by Gasteiger charge is -2.12. The molecular formula is C17H18FN3O2. The van der Waals surface area contributed by atoms with E-state index in [9.17, 15) is 9.18 Å². The van der Waals surface area contributed by atoms with E-state index in [1.54, 1.807) is 4.68 Å². The number of benzene rings is 1. The van der Waals surface area contributed by atoms with Gasteiger partial charge < -0.3 is 4.74 Å². The second-order valence-corrected chi connectivity index (χ2v) is 6.35. The molecular weight excluding hydrogens is 297 g/mol. The van der Waals surface area contributed by atoms with Crippen molar-refractivity contribution >= 4 is 5.78 Å². The molecule has 3 heterocycles. The summed E-state index contributed by atoms with van der Waals surface area (Å²) in [4.78, 5) is 16.8. The average Bonchev–Trinajstić information content (AvgIpc) is 3.24. The fourth-order valence-corrected chi connectivity index (χ4v) is 3.40. The first-order valence-electron chi connectivity index (χ1n) is 7.92. The highest BCUT2D eigenvalue weighted by molar-refractivity contribution is 5.94. The maximum atomic E-state index is 14.3. The molecule has 1 aromatic heterocycles. The van der Waals surface area contributed by atoms with Gasteiger partial charge in [-0.15, -0.1) is 5.10 Å². The number of ether oxygens (including phenoxy) is 1. The fourth-order valence-electron chi connectivity index (χ4n) is 3.40. The van der Waals surface area contributed by atoms with Crippen molar-refractivity contribution in [2.45, 2.75) is 25.6 Å². The smallest absolute Gasteiger partial charge is 0.218 e. The van der Waals surface area contributed by atoms with Gasteiger partial charge in [-0.1, -0.05) is 37.3 Å². The van der Waals surface area contributed by atoms with E-state index in [0.29, 0.717) is 19.6 Å². The number of hydrogen-bond donors (Lipinski definition) is 0. The summed E-state index contributed by atoms with van der Waals surface area (Å²) in [5, 5.41) is 4.34. The van der Waals surface area contributed by atoms with E-state index < -0.39 is 6.17 Å². The number of rotatable bonds is 3. The van der Waals surface area contributed by atoms with Crippen LogP contribution in [0.4, 0.5) is 4.39 Å². The first kappa shape index (κ1) is 14.5. The van der Waals surface area contributed by atoms with E-state index in [-0.39, 0.29) is 35.3 Å². The summed E-state index contributed by atoms with van der Waals surface area (Å²) < 4.78 is 21.2. The number of aromatic nitrogens is 3. The molecule has 0 amide bonds. The van der Waals surface area contributed by atoms with Crippen molar-refractivity contribution in [2.24, 2.45) is 11.8 Å². The molecule has 4 atom stereocenters. The molecule has 2 aromatic rings. The lowest BCUT2D eigenvalue weighted by atomic mass is 9.93. The van der Waals surface area contributed by atoms with E-state index >= 15 is 0 Å². The Labute approximate surface area is 133 Å². The Balaban J connectivity index is 1.67. The Kier molecular flexibility index (Phi) is 3.49. The maximum Gasteiger partial charge on any atom is 0.218 e. The van der Waals surface area contributed by atoms with Crippen molar-refractivity contribution in [3.05, 3.63) is 47.5 Å². The van der Waals surface area contributed by atoms with Gasteiger partial charge >= 0.3 is 0 Å². The van der Waals surface area contributed by atoms with Crippen LogP contribution in [0.15, 0.2) is 30.3 Å². The van der Waals surface area contributed by atoms with Crippen molar-refractivity contribution in [1.29, 1.82) is 0 Å². The Hall–Kier alpha value is -2.08. The van der Waals surface area contributed by atoms with Crippen LogP contribution in [0.2, 0.25) is 0 Å². The van der Waals surface area contributed by atoms with Crippen LogP contribution in [0.3, 0.4) is 0 Å². The van der Waals surface area contributed by atoms with Crippen molar-refractivity contribution in [2.75, 3.05) is 13.2 Å². The number of alkyl halides is 1. The van der Waals surface area contributed by atoms with Crippen LogP contribution in [-0.2, 0) is 4.74 Å². The van der Waals surface area contributed by atoms with Crippen LogP contribution < -0.4 is 0 Å². The molecule has 0 radical (unpaired) electrons. The first-order valence-corrected chi connectivity index (χ1v) is 7.92. The Bertz CT molecular complexity index is 731. The number of fused-ring (bicyclic) bond motifs is 1. The fraction of sp³-hybridized carbons (Fsp3) is 0.471. The van der Waals surface area contributed by atoms with Gasteiger partial charge in [0.05, 0.1) is 18.6 Å². The standard InChI is InChI=1S/C17H18FN3O2/c1-10-8-23-9-12(10)15(22)16-19-17-13(18)7-14(21(17)20-16)11-5-3-2-4-6-11/h2-6,10,12-14H,7-9H2,1H3. The quantitative estimate of drug-likeness (QED) is 0.817. The molecule has 1 fully saturated rings. The van der Waals surface area contributed by atoms with Crippen LogP contribution in [0, 0.1) is 11.8 Å². The van der Waals surface area contributed by atoms with Crippen molar-refractivity contribution in [3.8, 4) is 0 Å². The predicted molar refractivity (Wildman–Crippen MR) is 80.9 cm³/mol. The van der Waals surface area contributed by atoms with Gasteiger partial charge in [-0.2, -0.15) is 0 Å². The summed E-state index contributed by atoms with van der Waals surface area (Å²) >= 11 is 0. The zero-order valence-corrected chi connectivity index (χ0v) is 12.9. The predicted octanol–water partition coefficient (Wildman–Crippen LogP) is 2.75. The molecule has 0 aliphatic carbocycles. The summed E-state index contributed by atoms with van der Waals surface area (Å²) in [6.07, 6.45) is -0.872. The molecule has 23 heavy (non-hydrogen) atoms. The average molecular weight is 315 g/mol. The Morgan fingerprint density at radius 2 is 2.09 bits per heavy atom. The van der Waals surface area contributed by atoms with E-state index in [2.05, 4.69) is 10.1 Å². The van der Waals surface area contributed by atoms with Gasteiger partial charge in [-0.05, 0) is 11.5 Å². The topological polar surface area (TPSA) is 57.0 Å². The molecule has 0 N–H and O–H groups in total. The van der Waals surface area contributed by atoms with Gasteiger partial charge in [0.2, 0.25) is 11.6 Å². The minimum absolute atomic E-state index is 0.116. The summed E-state index contributed by atoms with van der Waals surface area (Å²) in [7, 11) is 0. The van der Waals surface area contributed by atoms with Crippen LogP contribution in [0.1, 0.15) is 47.6 Å². The van der Waals surface area contributed by atoms with E-state index in [0.717, 1.165) is 5.56 Å². The van der Waals surface area contributed by atoms with E-state index in [1.165, 1.54) is 0 Å². The van der Waals surface area contributed by atoms with Gasteiger partial charge in [-0.3, -0.25) is 4.79 Å². The lowest BCUT2D eigenvalue weighted by Crippen LogP contribution is -2.22. The highest BCUT2D eigenvalue weighted by atomic mass is 19.1. The van der Waals surface area contributed by atoms with Crippen molar-refractivity contribution in [3.63, 3.8) is 0 Å². The molecule has 4 unspecified atom stereocenters. The minimum atomic E-state index is -1.19. The van der Waals surface area contributed by atoms with Crippen LogP contribution >= 0.6 is 0 Å². The van der Waals surface area contributed by atoms with Gasteiger partial charge in [0.25, 0.3) is 0 Å². The third-order valence-corrected chi connectivity index (χ3v) is 4.77. The molecule has 2 aliphatic rings. The number of carbonyl (C=O) groups excluding carboxylic acids is 1. The molecule has 5 nitrogen and oxygen atoms in total. The number of halogens is 1. The number of Topliss-reactive ketones (excluding diaryl/α,β-unsaturated/α-hetero) is 1. The summed E-state index contributed by atoms with van der Waals surface area (Å²) in [6, 6.07) is 9.45. The highest BCUT2D eigenvalue weighted by Gasteiger charge is 2.39. The molecule has 6 heteroatoms. The lowest BCUT2D eigenvalue weighted by molar-refractivity contribution is 0.0876. The number of nitrogens with zero attached hydrogens (tertiary/aromatic N) is 3. The van der Waals surface area contributed by atoms with Crippen LogP contribution in [0.5, 0.6) is 0 Å². The molecule has 0 saturated carbocycles. The molecule has 2 aliphatic heterocycles. The largest absolute Gasteiger partial charge is 0.380 e.